The second-order valence-electron chi connectivity index (χ2n) is 6.82. The number of nitrogens with zero attached hydrogens (tertiary/aromatic N) is 2. The van der Waals surface area contributed by atoms with Crippen LogP contribution in [0.25, 0.3) is 0 Å². The molecule has 32 heavy (non-hydrogen) atoms. The first-order valence-corrected chi connectivity index (χ1v) is 10.4. The van der Waals surface area contributed by atoms with Gasteiger partial charge in [0.1, 0.15) is 24.3 Å². The molecular formula is C21H34N6O5. The van der Waals surface area contributed by atoms with Gasteiger partial charge in [-0.3, -0.25) is 5.41 Å². The first kappa shape index (κ1) is 25.6. The van der Waals surface area contributed by atoms with Gasteiger partial charge in [-0.1, -0.05) is 12.1 Å². The van der Waals surface area contributed by atoms with E-state index in [-0.39, 0.29) is 11.9 Å². The fourth-order valence-corrected chi connectivity index (χ4v) is 2.92. The Labute approximate surface area is 188 Å². The molecule has 1 heterocycles. The minimum atomic E-state index is -0.136. The van der Waals surface area contributed by atoms with Crippen molar-refractivity contribution in [3.8, 4) is 5.75 Å². The van der Waals surface area contributed by atoms with E-state index in [1.165, 1.54) is 0 Å². The van der Waals surface area contributed by atoms with Crippen LogP contribution in [0, 0.1) is 5.41 Å². The van der Waals surface area contributed by atoms with Gasteiger partial charge in [0.25, 0.3) is 0 Å². The van der Waals surface area contributed by atoms with Gasteiger partial charge in [-0.25, -0.2) is 5.84 Å². The predicted octanol–water partition coefficient (Wildman–Crippen LogP) is 0.387. The first-order valence-electron chi connectivity index (χ1n) is 10.4. The number of hydrogen-bond donors (Lipinski definition) is 4. The molecule has 1 unspecified atom stereocenters. The van der Waals surface area contributed by atoms with Gasteiger partial charge < -0.3 is 39.9 Å². The third kappa shape index (κ3) is 9.20. The molecule has 1 saturated heterocycles. The normalized spacial score (nSPS) is 17.0. The Morgan fingerprint density at radius 2 is 1.84 bits per heavy atom. The Bertz CT molecular complexity index is 728. The van der Waals surface area contributed by atoms with Gasteiger partial charge in [0.15, 0.2) is 5.84 Å². The number of benzene rings is 1. The van der Waals surface area contributed by atoms with Crippen molar-refractivity contribution >= 4 is 11.7 Å². The second kappa shape index (κ2) is 15.2. The summed E-state index contributed by atoms with van der Waals surface area (Å²) >= 11 is 0. The molecule has 0 bridgehead atoms. The Morgan fingerprint density at radius 3 is 2.50 bits per heavy atom. The molecule has 11 heteroatoms. The number of amidine groups is 2. The van der Waals surface area contributed by atoms with Crippen LogP contribution >= 0.6 is 0 Å². The van der Waals surface area contributed by atoms with E-state index in [4.69, 9.17) is 40.8 Å². The third-order valence-electron chi connectivity index (χ3n) is 4.65. The number of nitrogens with two attached hydrogens (primary N) is 2. The maximum absolute atomic E-state index is 8.25. The van der Waals surface area contributed by atoms with Crippen LogP contribution in [-0.4, -0.2) is 83.0 Å². The van der Waals surface area contributed by atoms with Crippen LogP contribution in [0.3, 0.4) is 0 Å². The molecule has 0 aliphatic carbocycles. The quantitative estimate of drug-likeness (QED) is 0.110. The highest BCUT2D eigenvalue weighted by molar-refractivity contribution is 6.00. The Hall–Kier alpha value is -2.70. The summed E-state index contributed by atoms with van der Waals surface area (Å²) in [6.07, 6.45) is 3.01. The highest BCUT2D eigenvalue weighted by Gasteiger charge is 2.23. The average molecular weight is 451 g/mol. The van der Waals surface area contributed by atoms with Crippen molar-refractivity contribution in [3.63, 3.8) is 0 Å². The van der Waals surface area contributed by atoms with Crippen LogP contribution in [0.4, 0.5) is 0 Å². The summed E-state index contributed by atoms with van der Waals surface area (Å²) in [5, 5.41) is 11.7. The minimum Gasteiger partial charge on any atom is -0.491 e. The monoisotopic (exact) mass is 450 g/mol. The number of ether oxygens (including phenoxy) is 5. The van der Waals surface area contributed by atoms with Gasteiger partial charge in [0, 0.05) is 20.2 Å². The van der Waals surface area contributed by atoms with Crippen molar-refractivity contribution in [2.24, 2.45) is 16.8 Å². The van der Waals surface area contributed by atoms with Crippen LogP contribution in [-0.2, 0) is 18.9 Å². The van der Waals surface area contributed by atoms with E-state index in [9.17, 15) is 0 Å². The number of hydrazine groups is 1. The molecule has 0 amide bonds. The number of rotatable bonds is 13. The molecule has 2 rings (SSSR count). The Balaban J connectivity index is 1.72. The maximum Gasteiger partial charge on any atom is 0.159 e. The summed E-state index contributed by atoms with van der Waals surface area (Å²) in [5.41, 5.74) is 3.38. The molecule has 0 radical (unpaired) electrons. The highest BCUT2D eigenvalue weighted by Crippen LogP contribution is 2.24. The maximum atomic E-state index is 8.25. The average Bonchev–Trinajstić information content (AvgIpc) is 2.84. The van der Waals surface area contributed by atoms with Crippen LogP contribution in [0.5, 0.6) is 5.75 Å². The summed E-state index contributed by atoms with van der Waals surface area (Å²) in [6, 6.07) is 7.78. The molecule has 6 N–H and O–H groups in total. The summed E-state index contributed by atoms with van der Waals surface area (Å²) in [6.45, 7) is 4.88. The molecule has 11 nitrogen and oxygen atoms in total. The fourth-order valence-electron chi connectivity index (χ4n) is 2.92. The minimum absolute atomic E-state index is 0.136. The van der Waals surface area contributed by atoms with Crippen molar-refractivity contribution in [3.05, 3.63) is 42.0 Å². The Morgan fingerprint density at radius 1 is 1.16 bits per heavy atom. The third-order valence-corrected chi connectivity index (χ3v) is 4.65. The lowest BCUT2D eigenvalue weighted by Gasteiger charge is -2.34. The largest absolute Gasteiger partial charge is 0.491 e. The van der Waals surface area contributed by atoms with Crippen molar-refractivity contribution in [2.75, 3.05) is 66.4 Å². The van der Waals surface area contributed by atoms with E-state index in [1.54, 1.807) is 19.3 Å². The molecule has 1 aromatic rings. The molecule has 0 saturated carbocycles. The fraction of sp³-hybridized carbons (Fsp3) is 0.524. The molecule has 0 spiro atoms. The zero-order chi connectivity index (χ0) is 23.0. The topological polar surface area (TPSA) is 150 Å². The summed E-state index contributed by atoms with van der Waals surface area (Å²) in [5.74, 6) is 11.9. The van der Waals surface area contributed by atoms with E-state index in [1.807, 2.05) is 29.2 Å². The lowest BCUT2D eigenvalue weighted by molar-refractivity contribution is -0.00685. The predicted molar refractivity (Wildman–Crippen MR) is 122 cm³/mol. The lowest BCUT2D eigenvalue weighted by atomic mass is 10.1. The standard InChI is InChI=1S/C21H34N6O5/c1-28-10-11-29-12-13-30-14-15-31-18-4-2-17(3-5-18)19-16-27(8-9-32-19)20(22)6-7-21(25-23)26-24/h2-7,19,22H,8-16,23-24H2,1H3,(H,25,26)/b7-6-,22-20?. The van der Waals surface area contributed by atoms with Crippen molar-refractivity contribution in [2.45, 2.75) is 6.10 Å². The van der Waals surface area contributed by atoms with Gasteiger partial charge in [-0.2, -0.15) is 5.10 Å². The molecule has 1 atom stereocenters. The van der Waals surface area contributed by atoms with Crippen LogP contribution in [0.2, 0.25) is 0 Å². The SMILES string of the molecule is COCCOCCOCCOc1ccc(C2CN(C(=N)/C=C\C(=N\N)NN)CCO2)cc1. The van der Waals surface area contributed by atoms with Gasteiger partial charge >= 0.3 is 0 Å². The number of nitrogens with one attached hydrogen (secondary N) is 2. The molecule has 1 aromatic carbocycles. The lowest BCUT2D eigenvalue weighted by Crippen LogP contribution is -2.41. The van der Waals surface area contributed by atoms with Gasteiger partial charge in [-0.15, -0.1) is 0 Å². The van der Waals surface area contributed by atoms with Gasteiger partial charge in [0.05, 0.1) is 39.6 Å². The zero-order valence-corrected chi connectivity index (χ0v) is 18.5. The van der Waals surface area contributed by atoms with Gasteiger partial charge in [0.2, 0.25) is 0 Å². The second-order valence-corrected chi connectivity index (χ2v) is 6.82. The summed E-state index contributed by atoms with van der Waals surface area (Å²) in [7, 11) is 1.64. The highest BCUT2D eigenvalue weighted by atomic mass is 16.6. The number of methoxy groups -OCH3 is 1. The first-order chi connectivity index (χ1) is 15.7. The van der Waals surface area contributed by atoms with E-state index in [0.29, 0.717) is 65.2 Å². The van der Waals surface area contributed by atoms with E-state index < -0.39 is 0 Å². The molecular weight excluding hydrogens is 416 g/mol. The summed E-state index contributed by atoms with van der Waals surface area (Å²) < 4.78 is 27.3. The molecule has 1 aliphatic heterocycles. The van der Waals surface area contributed by atoms with E-state index >= 15 is 0 Å². The van der Waals surface area contributed by atoms with Crippen LogP contribution in [0.1, 0.15) is 11.7 Å². The van der Waals surface area contributed by atoms with Crippen LogP contribution < -0.4 is 21.8 Å². The van der Waals surface area contributed by atoms with E-state index in [0.717, 1.165) is 11.3 Å². The molecule has 178 valence electrons. The van der Waals surface area contributed by atoms with Crippen LogP contribution in [0.15, 0.2) is 41.5 Å². The number of hydrazone groups is 1. The smallest absolute Gasteiger partial charge is 0.159 e. The number of morpholine rings is 1. The van der Waals surface area contributed by atoms with Gasteiger partial charge in [-0.05, 0) is 29.8 Å². The molecule has 1 aliphatic rings. The van der Waals surface area contributed by atoms with Crippen molar-refractivity contribution < 1.29 is 23.7 Å². The molecule has 0 aromatic heterocycles. The summed E-state index contributed by atoms with van der Waals surface area (Å²) in [4.78, 5) is 1.93. The molecule has 1 fully saturated rings. The van der Waals surface area contributed by atoms with Crippen molar-refractivity contribution in [1.82, 2.24) is 10.3 Å². The van der Waals surface area contributed by atoms with E-state index in [2.05, 4.69) is 10.5 Å². The Kier molecular flexibility index (Phi) is 12.1. The van der Waals surface area contributed by atoms with Crippen molar-refractivity contribution in [1.29, 1.82) is 5.41 Å². The number of hydrogen-bond acceptors (Lipinski definition) is 9. The zero-order valence-electron chi connectivity index (χ0n) is 18.5.